The van der Waals surface area contributed by atoms with Crippen molar-refractivity contribution in [2.45, 2.75) is 18.4 Å². The van der Waals surface area contributed by atoms with Crippen LogP contribution in [0.1, 0.15) is 28.8 Å². The van der Waals surface area contributed by atoms with Crippen molar-refractivity contribution in [3.8, 4) is 0 Å². The number of hydrogen-bond donors (Lipinski definition) is 1. The first-order valence-electron chi connectivity index (χ1n) is 8.68. The molecule has 1 N–H and O–H groups in total. The first-order chi connectivity index (χ1) is 12.6. The number of pyridine rings is 1. The van der Waals surface area contributed by atoms with E-state index in [2.05, 4.69) is 4.98 Å². The molecule has 1 amide bonds. The molecule has 1 aliphatic rings. The number of likely N-dealkylation sites (tertiary alicyclic amines) is 1. The highest BCUT2D eigenvalue weighted by Gasteiger charge is 2.36. The molecular formula is C21H19ClN2O2. The Morgan fingerprint density at radius 2 is 1.77 bits per heavy atom. The summed E-state index contributed by atoms with van der Waals surface area (Å²) in [7, 11) is 0. The SMILES string of the molecule is O=C(c1cnc2ccccc2c1)N1CCC(O)(c2ccccc2Cl)CC1. The molecule has 0 spiro atoms. The van der Waals surface area contributed by atoms with Crippen molar-refractivity contribution in [2.75, 3.05) is 13.1 Å². The van der Waals surface area contributed by atoms with Crippen LogP contribution in [0.15, 0.2) is 60.8 Å². The van der Waals surface area contributed by atoms with Gasteiger partial charge in [-0.1, -0.05) is 48.0 Å². The number of para-hydroxylation sites is 1. The third kappa shape index (κ3) is 3.06. The number of benzene rings is 2. The third-order valence-corrected chi connectivity index (χ3v) is 5.42. The molecule has 1 saturated heterocycles. The van der Waals surface area contributed by atoms with Crippen LogP contribution in [0, 0.1) is 0 Å². The van der Waals surface area contributed by atoms with Gasteiger partial charge in [0.15, 0.2) is 0 Å². The average molecular weight is 367 g/mol. The molecule has 26 heavy (non-hydrogen) atoms. The van der Waals surface area contributed by atoms with Gasteiger partial charge in [0.25, 0.3) is 5.91 Å². The number of carbonyl (C=O) groups excluding carboxylic acids is 1. The van der Waals surface area contributed by atoms with Crippen LogP contribution in [-0.4, -0.2) is 34.0 Å². The van der Waals surface area contributed by atoms with Gasteiger partial charge in [0.2, 0.25) is 0 Å². The molecule has 2 aromatic carbocycles. The van der Waals surface area contributed by atoms with Crippen LogP contribution in [0.3, 0.4) is 0 Å². The lowest BCUT2D eigenvalue weighted by Gasteiger charge is -2.39. The second-order valence-corrected chi connectivity index (χ2v) is 7.13. The van der Waals surface area contributed by atoms with Gasteiger partial charge < -0.3 is 10.0 Å². The van der Waals surface area contributed by atoms with Crippen LogP contribution in [-0.2, 0) is 5.60 Å². The maximum Gasteiger partial charge on any atom is 0.255 e. The molecule has 0 saturated carbocycles. The summed E-state index contributed by atoms with van der Waals surface area (Å²) in [5.74, 6) is -0.0514. The Bertz CT molecular complexity index is 965. The Morgan fingerprint density at radius 1 is 1.08 bits per heavy atom. The molecule has 132 valence electrons. The number of fused-ring (bicyclic) bond motifs is 1. The Hall–Kier alpha value is -2.43. The van der Waals surface area contributed by atoms with Crippen LogP contribution in [0.25, 0.3) is 10.9 Å². The molecule has 3 aromatic rings. The second-order valence-electron chi connectivity index (χ2n) is 6.72. The van der Waals surface area contributed by atoms with Gasteiger partial charge in [-0.05, 0) is 31.0 Å². The molecule has 4 rings (SSSR count). The fourth-order valence-electron chi connectivity index (χ4n) is 3.56. The summed E-state index contributed by atoms with van der Waals surface area (Å²) in [6.45, 7) is 0.959. The molecule has 1 aromatic heterocycles. The zero-order valence-corrected chi connectivity index (χ0v) is 15.0. The van der Waals surface area contributed by atoms with Gasteiger partial charge >= 0.3 is 0 Å². The number of halogens is 1. The predicted octanol–water partition coefficient (Wildman–Crippen LogP) is 4.01. The molecule has 1 fully saturated rings. The van der Waals surface area contributed by atoms with E-state index in [4.69, 9.17) is 11.6 Å². The summed E-state index contributed by atoms with van der Waals surface area (Å²) in [4.78, 5) is 19.0. The van der Waals surface area contributed by atoms with Crippen molar-refractivity contribution in [3.05, 3.63) is 76.9 Å². The van der Waals surface area contributed by atoms with E-state index in [0.29, 0.717) is 36.5 Å². The Kier molecular flexibility index (Phi) is 4.39. The second kappa shape index (κ2) is 6.71. The largest absolute Gasteiger partial charge is 0.385 e. The van der Waals surface area contributed by atoms with Crippen molar-refractivity contribution in [2.24, 2.45) is 0 Å². The molecular weight excluding hydrogens is 348 g/mol. The van der Waals surface area contributed by atoms with Crippen LogP contribution in [0.2, 0.25) is 5.02 Å². The van der Waals surface area contributed by atoms with Crippen molar-refractivity contribution >= 4 is 28.4 Å². The molecule has 0 unspecified atom stereocenters. The van der Waals surface area contributed by atoms with Gasteiger partial charge in [-0.25, -0.2) is 0 Å². The normalized spacial score (nSPS) is 16.6. The molecule has 4 nitrogen and oxygen atoms in total. The van der Waals surface area contributed by atoms with Gasteiger partial charge in [0.1, 0.15) is 0 Å². The van der Waals surface area contributed by atoms with E-state index < -0.39 is 5.60 Å². The molecule has 0 aliphatic carbocycles. The average Bonchev–Trinajstić information content (AvgIpc) is 2.68. The van der Waals surface area contributed by atoms with Crippen molar-refractivity contribution in [1.29, 1.82) is 0 Å². The predicted molar refractivity (Wildman–Crippen MR) is 102 cm³/mol. The van der Waals surface area contributed by atoms with Gasteiger partial charge in [0.05, 0.1) is 16.7 Å². The van der Waals surface area contributed by atoms with Crippen LogP contribution >= 0.6 is 11.6 Å². The number of nitrogens with zero attached hydrogens (tertiary/aromatic N) is 2. The minimum atomic E-state index is -0.989. The van der Waals surface area contributed by atoms with Crippen molar-refractivity contribution in [3.63, 3.8) is 0 Å². The number of rotatable bonds is 2. The monoisotopic (exact) mass is 366 g/mol. The summed E-state index contributed by atoms with van der Waals surface area (Å²) in [6, 6.07) is 17.0. The molecule has 0 atom stereocenters. The Balaban J connectivity index is 1.52. The number of aromatic nitrogens is 1. The third-order valence-electron chi connectivity index (χ3n) is 5.09. The van der Waals surface area contributed by atoms with Gasteiger partial charge in [-0.15, -0.1) is 0 Å². The zero-order valence-electron chi connectivity index (χ0n) is 14.2. The minimum Gasteiger partial charge on any atom is -0.385 e. The van der Waals surface area contributed by atoms with E-state index in [9.17, 15) is 9.90 Å². The van der Waals surface area contributed by atoms with Crippen LogP contribution in [0.5, 0.6) is 0 Å². The Labute approximate surface area is 157 Å². The minimum absolute atomic E-state index is 0.0514. The van der Waals surface area contributed by atoms with E-state index in [-0.39, 0.29) is 5.91 Å². The van der Waals surface area contributed by atoms with Crippen molar-refractivity contribution < 1.29 is 9.90 Å². The Morgan fingerprint density at radius 3 is 2.54 bits per heavy atom. The van der Waals surface area contributed by atoms with E-state index in [0.717, 1.165) is 16.5 Å². The number of aliphatic hydroxyl groups is 1. The maximum atomic E-state index is 12.8. The van der Waals surface area contributed by atoms with E-state index >= 15 is 0 Å². The first-order valence-corrected chi connectivity index (χ1v) is 9.06. The highest BCUT2D eigenvalue weighted by Crippen LogP contribution is 2.37. The quantitative estimate of drug-likeness (QED) is 0.745. The van der Waals surface area contributed by atoms with Gasteiger partial charge in [-0.3, -0.25) is 9.78 Å². The molecule has 0 bridgehead atoms. The summed E-state index contributed by atoms with van der Waals surface area (Å²) in [6.07, 6.45) is 2.55. The summed E-state index contributed by atoms with van der Waals surface area (Å²) in [5, 5.41) is 12.5. The standard InChI is InChI=1S/C21H19ClN2O2/c22-18-7-3-2-6-17(18)21(26)9-11-24(12-10-21)20(25)16-13-15-5-1-4-8-19(15)23-14-16/h1-8,13-14,26H,9-12H2. The molecule has 5 heteroatoms. The molecule has 1 aliphatic heterocycles. The lowest BCUT2D eigenvalue weighted by molar-refractivity contribution is -0.0210. The van der Waals surface area contributed by atoms with Gasteiger partial charge in [-0.2, -0.15) is 0 Å². The first kappa shape index (κ1) is 17.0. The fraction of sp³-hybridized carbons (Fsp3) is 0.238. The highest BCUT2D eigenvalue weighted by atomic mass is 35.5. The van der Waals surface area contributed by atoms with Gasteiger partial charge in [0, 0.05) is 35.3 Å². The molecule has 2 heterocycles. The number of carbonyl (C=O) groups is 1. The smallest absolute Gasteiger partial charge is 0.255 e. The van der Waals surface area contributed by atoms with Crippen LogP contribution < -0.4 is 0 Å². The van der Waals surface area contributed by atoms with E-state index in [1.807, 2.05) is 48.5 Å². The summed E-state index contributed by atoms with van der Waals surface area (Å²) < 4.78 is 0. The highest BCUT2D eigenvalue weighted by molar-refractivity contribution is 6.31. The number of piperidine rings is 1. The lowest BCUT2D eigenvalue weighted by atomic mass is 9.84. The number of hydrogen-bond acceptors (Lipinski definition) is 3. The topological polar surface area (TPSA) is 53.4 Å². The lowest BCUT2D eigenvalue weighted by Crippen LogP contribution is -2.45. The number of amides is 1. The fourth-order valence-corrected chi connectivity index (χ4v) is 3.87. The van der Waals surface area contributed by atoms with E-state index in [1.165, 1.54) is 0 Å². The summed E-state index contributed by atoms with van der Waals surface area (Å²) >= 11 is 6.25. The summed E-state index contributed by atoms with van der Waals surface area (Å²) in [5.41, 5.74) is 1.19. The van der Waals surface area contributed by atoms with E-state index in [1.54, 1.807) is 17.2 Å². The maximum absolute atomic E-state index is 12.8. The molecule has 0 radical (unpaired) electrons. The van der Waals surface area contributed by atoms with Crippen LogP contribution in [0.4, 0.5) is 0 Å². The zero-order chi connectivity index (χ0) is 18.1. The van der Waals surface area contributed by atoms with Crippen molar-refractivity contribution in [1.82, 2.24) is 9.88 Å².